The van der Waals surface area contributed by atoms with Crippen LogP contribution in [-0.4, -0.2) is 18.9 Å². The largest absolute Gasteiger partial charge is 0.345 e. The van der Waals surface area contributed by atoms with Gasteiger partial charge >= 0.3 is 0 Å². The van der Waals surface area contributed by atoms with E-state index in [-0.39, 0.29) is 23.4 Å². The molecule has 0 bridgehead atoms. The van der Waals surface area contributed by atoms with Crippen molar-refractivity contribution in [2.24, 2.45) is 0 Å². The van der Waals surface area contributed by atoms with Crippen LogP contribution in [0.4, 0.5) is 5.69 Å². The lowest BCUT2D eigenvalue weighted by molar-refractivity contribution is -0.119. The van der Waals surface area contributed by atoms with Crippen LogP contribution in [0.15, 0.2) is 54.1 Å². The maximum atomic E-state index is 12.7. The summed E-state index contributed by atoms with van der Waals surface area (Å²) in [5.41, 5.74) is 3.78. The SMILES string of the molecule is CCC(NC(=O)/C(C#N)=C\c1ccc2c(c1)CCC(=O)N2C)c1ccccc1. The molecular formula is C23H23N3O2. The van der Waals surface area contributed by atoms with E-state index in [2.05, 4.69) is 5.32 Å². The number of fused-ring (bicyclic) bond motifs is 1. The number of carbonyl (C=O) groups excluding carboxylic acids is 2. The zero-order chi connectivity index (χ0) is 20.1. The average Bonchev–Trinajstić information content (AvgIpc) is 2.73. The first-order chi connectivity index (χ1) is 13.5. The van der Waals surface area contributed by atoms with Crippen molar-refractivity contribution in [3.63, 3.8) is 0 Å². The molecule has 5 heteroatoms. The molecule has 0 saturated carbocycles. The zero-order valence-corrected chi connectivity index (χ0v) is 16.1. The predicted octanol–water partition coefficient (Wildman–Crippen LogP) is 3.77. The highest BCUT2D eigenvalue weighted by atomic mass is 16.2. The first-order valence-corrected chi connectivity index (χ1v) is 9.40. The molecule has 1 N–H and O–H groups in total. The number of amides is 2. The van der Waals surface area contributed by atoms with E-state index < -0.39 is 0 Å². The second-order valence-electron chi connectivity index (χ2n) is 6.86. The fourth-order valence-electron chi connectivity index (χ4n) is 3.42. The summed E-state index contributed by atoms with van der Waals surface area (Å²) in [5, 5.41) is 12.4. The zero-order valence-electron chi connectivity index (χ0n) is 16.1. The normalized spacial score (nSPS) is 14.8. The number of rotatable bonds is 5. The summed E-state index contributed by atoms with van der Waals surface area (Å²) in [6, 6.07) is 17.2. The van der Waals surface area contributed by atoms with Crippen LogP contribution < -0.4 is 10.2 Å². The van der Waals surface area contributed by atoms with Crippen molar-refractivity contribution in [3.05, 3.63) is 70.8 Å². The van der Waals surface area contributed by atoms with Crippen LogP contribution in [0.3, 0.4) is 0 Å². The summed E-state index contributed by atoms with van der Waals surface area (Å²) in [6.45, 7) is 2.00. The highest BCUT2D eigenvalue weighted by Crippen LogP contribution is 2.28. The number of benzene rings is 2. The number of anilines is 1. The van der Waals surface area contributed by atoms with Crippen LogP contribution in [-0.2, 0) is 16.0 Å². The molecule has 2 aromatic rings. The molecule has 2 amide bonds. The number of nitrogens with one attached hydrogen (secondary N) is 1. The lowest BCUT2D eigenvalue weighted by Crippen LogP contribution is -2.31. The fraction of sp³-hybridized carbons (Fsp3) is 0.261. The van der Waals surface area contributed by atoms with E-state index >= 15 is 0 Å². The number of nitrogens with zero attached hydrogens (tertiary/aromatic N) is 2. The number of hydrogen-bond donors (Lipinski definition) is 1. The lowest BCUT2D eigenvalue weighted by atomic mass is 9.98. The van der Waals surface area contributed by atoms with Gasteiger partial charge in [0.2, 0.25) is 5.91 Å². The second-order valence-corrected chi connectivity index (χ2v) is 6.86. The van der Waals surface area contributed by atoms with Crippen molar-refractivity contribution in [1.29, 1.82) is 5.26 Å². The molecular weight excluding hydrogens is 350 g/mol. The van der Waals surface area contributed by atoms with Crippen LogP contribution in [0.1, 0.15) is 42.5 Å². The Morgan fingerprint density at radius 2 is 2.00 bits per heavy atom. The first-order valence-electron chi connectivity index (χ1n) is 9.40. The van der Waals surface area contributed by atoms with Gasteiger partial charge in [0.05, 0.1) is 6.04 Å². The monoisotopic (exact) mass is 373 g/mol. The van der Waals surface area contributed by atoms with Crippen molar-refractivity contribution < 1.29 is 9.59 Å². The molecule has 1 aliphatic rings. The summed E-state index contributed by atoms with van der Waals surface area (Å²) in [6.07, 6.45) is 3.47. The molecule has 0 saturated heterocycles. The second kappa shape index (κ2) is 8.53. The van der Waals surface area contributed by atoms with Gasteiger partial charge in [-0.1, -0.05) is 43.3 Å². The average molecular weight is 373 g/mol. The number of hydrogen-bond acceptors (Lipinski definition) is 3. The van der Waals surface area contributed by atoms with E-state index in [0.29, 0.717) is 12.8 Å². The van der Waals surface area contributed by atoms with Gasteiger partial charge in [-0.15, -0.1) is 0 Å². The molecule has 2 aromatic carbocycles. The van der Waals surface area contributed by atoms with Gasteiger partial charge in [0.1, 0.15) is 11.6 Å². The fourth-order valence-corrected chi connectivity index (χ4v) is 3.42. The Hall–Kier alpha value is -3.39. The molecule has 142 valence electrons. The summed E-state index contributed by atoms with van der Waals surface area (Å²) in [7, 11) is 1.76. The van der Waals surface area contributed by atoms with Crippen molar-refractivity contribution in [1.82, 2.24) is 5.32 Å². The van der Waals surface area contributed by atoms with Crippen molar-refractivity contribution >= 4 is 23.6 Å². The maximum Gasteiger partial charge on any atom is 0.262 e. The molecule has 1 unspecified atom stereocenters. The summed E-state index contributed by atoms with van der Waals surface area (Å²) in [5.74, 6) is -0.289. The standard InChI is InChI=1S/C23H23N3O2/c1-3-20(17-7-5-4-6-8-17)25-23(28)19(15-24)14-16-9-11-21-18(13-16)10-12-22(27)26(21)2/h4-9,11,13-14,20H,3,10,12H2,1-2H3,(H,25,28)/b19-14-. The third-order valence-corrected chi connectivity index (χ3v) is 5.04. The van der Waals surface area contributed by atoms with Crippen LogP contribution in [0.5, 0.6) is 0 Å². The third kappa shape index (κ3) is 4.12. The maximum absolute atomic E-state index is 12.7. The van der Waals surface area contributed by atoms with E-state index in [9.17, 15) is 14.9 Å². The smallest absolute Gasteiger partial charge is 0.262 e. The lowest BCUT2D eigenvalue weighted by Gasteiger charge is -2.25. The van der Waals surface area contributed by atoms with Crippen LogP contribution in [0, 0.1) is 11.3 Å². The van der Waals surface area contributed by atoms with Gasteiger partial charge in [0, 0.05) is 19.2 Å². The molecule has 0 aromatic heterocycles. The molecule has 0 fully saturated rings. The molecule has 1 heterocycles. The van der Waals surface area contributed by atoms with Crippen molar-refractivity contribution in [3.8, 4) is 6.07 Å². The number of carbonyl (C=O) groups is 2. The van der Waals surface area contributed by atoms with Gasteiger partial charge in [0.15, 0.2) is 0 Å². The Kier molecular flexibility index (Phi) is 5.90. The highest BCUT2D eigenvalue weighted by molar-refractivity contribution is 6.02. The predicted molar refractivity (Wildman–Crippen MR) is 109 cm³/mol. The summed E-state index contributed by atoms with van der Waals surface area (Å²) >= 11 is 0. The highest BCUT2D eigenvalue weighted by Gasteiger charge is 2.21. The van der Waals surface area contributed by atoms with Crippen molar-refractivity contribution in [2.45, 2.75) is 32.2 Å². The van der Waals surface area contributed by atoms with Gasteiger partial charge < -0.3 is 10.2 Å². The third-order valence-electron chi connectivity index (χ3n) is 5.04. The molecule has 3 rings (SSSR count). The van der Waals surface area contributed by atoms with Crippen LogP contribution in [0.25, 0.3) is 6.08 Å². The Bertz CT molecular complexity index is 958. The van der Waals surface area contributed by atoms with Gasteiger partial charge in [-0.2, -0.15) is 5.26 Å². The van der Waals surface area contributed by atoms with Gasteiger partial charge in [-0.25, -0.2) is 0 Å². The first kappa shape index (κ1) is 19.4. The Labute approximate surface area is 165 Å². The molecule has 0 spiro atoms. The van der Waals surface area contributed by atoms with Crippen LogP contribution >= 0.6 is 0 Å². The van der Waals surface area contributed by atoms with Gasteiger partial charge in [0.25, 0.3) is 5.91 Å². The summed E-state index contributed by atoms with van der Waals surface area (Å²) < 4.78 is 0. The van der Waals surface area contributed by atoms with E-state index in [4.69, 9.17) is 0 Å². The minimum absolute atomic E-state index is 0.0644. The van der Waals surface area contributed by atoms with Crippen molar-refractivity contribution in [2.75, 3.05) is 11.9 Å². The Balaban J connectivity index is 1.81. The number of nitriles is 1. The molecule has 28 heavy (non-hydrogen) atoms. The topological polar surface area (TPSA) is 73.2 Å². The Morgan fingerprint density at radius 3 is 2.68 bits per heavy atom. The summed E-state index contributed by atoms with van der Waals surface area (Å²) in [4.78, 5) is 26.1. The molecule has 0 aliphatic carbocycles. The van der Waals surface area contributed by atoms with E-state index in [1.54, 1.807) is 18.0 Å². The molecule has 0 radical (unpaired) electrons. The molecule has 5 nitrogen and oxygen atoms in total. The van der Waals surface area contributed by atoms with Gasteiger partial charge in [-0.3, -0.25) is 9.59 Å². The molecule has 1 aliphatic heterocycles. The molecule has 1 atom stereocenters. The minimum atomic E-state index is -0.386. The Morgan fingerprint density at radius 1 is 1.25 bits per heavy atom. The van der Waals surface area contributed by atoms with E-state index in [1.807, 2.05) is 61.5 Å². The van der Waals surface area contributed by atoms with E-state index in [0.717, 1.165) is 28.8 Å². The quantitative estimate of drug-likeness (QED) is 0.640. The van der Waals surface area contributed by atoms with E-state index in [1.165, 1.54) is 0 Å². The van der Waals surface area contributed by atoms with Crippen LogP contribution in [0.2, 0.25) is 0 Å². The minimum Gasteiger partial charge on any atom is -0.345 e. The number of aryl methyl sites for hydroxylation is 1. The van der Waals surface area contributed by atoms with Gasteiger partial charge in [-0.05, 0) is 47.7 Å².